The van der Waals surface area contributed by atoms with Crippen LogP contribution in [0.1, 0.15) is 49.0 Å². The number of rotatable bonds is 7. The second kappa shape index (κ2) is 9.97. The summed E-state index contributed by atoms with van der Waals surface area (Å²) < 4.78 is 5.53. The van der Waals surface area contributed by atoms with Crippen LogP contribution in [0.4, 0.5) is 5.69 Å². The van der Waals surface area contributed by atoms with E-state index in [1.807, 2.05) is 45.0 Å². The number of aryl methyl sites for hydroxylation is 3. The molecule has 174 valence electrons. The first kappa shape index (κ1) is 22.7. The summed E-state index contributed by atoms with van der Waals surface area (Å²) in [5.74, 6) is 1.09. The Labute approximate surface area is 193 Å². The minimum Gasteiger partial charge on any atom is -0.458 e. The largest absolute Gasteiger partial charge is 0.458 e. The number of carbonyl (C=O) groups excluding carboxylic acids is 2. The summed E-state index contributed by atoms with van der Waals surface area (Å²) in [6.45, 7) is 5.52. The van der Waals surface area contributed by atoms with E-state index in [2.05, 4.69) is 20.7 Å². The number of carbonyl (C=O) groups is 2. The molecule has 0 bridgehead atoms. The Balaban J connectivity index is 1.52. The lowest BCUT2D eigenvalue weighted by Gasteiger charge is -2.27. The zero-order valence-electron chi connectivity index (χ0n) is 19.4. The van der Waals surface area contributed by atoms with Gasteiger partial charge in [0.15, 0.2) is 5.76 Å². The summed E-state index contributed by atoms with van der Waals surface area (Å²) in [5.41, 5.74) is 2.63. The average Bonchev–Trinajstić information content (AvgIpc) is 3.43. The molecule has 1 saturated carbocycles. The molecule has 1 fully saturated rings. The summed E-state index contributed by atoms with van der Waals surface area (Å²) in [5, 5.41) is 15.4. The van der Waals surface area contributed by atoms with Crippen molar-refractivity contribution in [2.24, 2.45) is 0 Å². The van der Waals surface area contributed by atoms with Crippen molar-refractivity contribution in [3.63, 3.8) is 0 Å². The molecular weight excluding hydrogens is 420 g/mol. The van der Waals surface area contributed by atoms with Gasteiger partial charge >= 0.3 is 0 Å². The van der Waals surface area contributed by atoms with Crippen LogP contribution in [0.15, 0.2) is 34.7 Å². The highest BCUT2D eigenvalue weighted by Gasteiger charge is 2.24. The van der Waals surface area contributed by atoms with Gasteiger partial charge in [-0.15, -0.1) is 10.2 Å². The molecule has 1 aromatic carbocycles. The molecule has 2 heterocycles. The van der Waals surface area contributed by atoms with Crippen molar-refractivity contribution in [2.75, 3.05) is 11.4 Å². The van der Waals surface area contributed by atoms with Crippen LogP contribution in [-0.4, -0.2) is 44.6 Å². The van der Waals surface area contributed by atoms with Crippen LogP contribution in [0.5, 0.6) is 0 Å². The number of tetrazole rings is 1. The zero-order valence-corrected chi connectivity index (χ0v) is 19.4. The second-order valence-electron chi connectivity index (χ2n) is 8.73. The highest BCUT2D eigenvalue weighted by atomic mass is 16.3. The van der Waals surface area contributed by atoms with E-state index in [4.69, 9.17) is 4.42 Å². The maximum atomic E-state index is 13.3. The van der Waals surface area contributed by atoms with Gasteiger partial charge in [-0.25, -0.2) is 0 Å². The van der Waals surface area contributed by atoms with Gasteiger partial charge in [0, 0.05) is 11.7 Å². The molecule has 3 aromatic rings. The van der Waals surface area contributed by atoms with E-state index in [9.17, 15) is 9.59 Å². The Morgan fingerprint density at radius 1 is 1.12 bits per heavy atom. The van der Waals surface area contributed by atoms with E-state index in [1.54, 1.807) is 6.07 Å². The Kier molecular flexibility index (Phi) is 6.86. The second-order valence-corrected chi connectivity index (χ2v) is 8.73. The van der Waals surface area contributed by atoms with E-state index >= 15 is 0 Å². The molecule has 0 saturated heterocycles. The summed E-state index contributed by atoms with van der Waals surface area (Å²) >= 11 is 0. The molecule has 9 nitrogen and oxygen atoms in total. The van der Waals surface area contributed by atoms with Gasteiger partial charge in [0.2, 0.25) is 11.7 Å². The first-order valence-corrected chi connectivity index (χ1v) is 11.4. The maximum Gasteiger partial charge on any atom is 0.251 e. The molecule has 1 aliphatic carbocycles. The third-order valence-corrected chi connectivity index (χ3v) is 5.92. The molecule has 1 N–H and O–H groups in total. The van der Waals surface area contributed by atoms with Crippen LogP contribution in [0.25, 0.3) is 11.6 Å². The van der Waals surface area contributed by atoms with Crippen LogP contribution in [0.2, 0.25) is 0 Å². The lowest BCUT2D eigenvalue weighted by molar-refractivity contribution is -0.124. The predicted molar refractivity (Wildman–Crippen MR) is 124 cm³/mol. The Bertz CT molecular complexity index is 1130. The smallest absolute Gasteiger partial charge is 0.251 e. The predicted octanol–water partition coefficient (Wildman–Crippen LogP) is 3.34. The Hall–Kier alpha value is -3.49. The van der Waals surface area contributed by atoms with Gasteiger partial charge in [0.05, 0.1) is 0 Å². The summed E-state index contributed by atoms with van der Waals surface area (Å²) in [6.07, 6.45) is 5.44. The van der Waals surface area contributed by atoms with Gasteiger partial charge in [-0.3, -0.25) is 9.59 Å². The monoisotopic (exact) mass is 450 g/mol. The number of nitrogens with one attached hydrogen (secondary N) is 1. The van der Waals surface area contributed by atoms with Crippen LogP contribution in [-0.2, 0) is 16.1 Å². The van der Waals surface area contributed by atoms with Crippen LogP contribution in [0.3, 0.4) is 0 Å². The fraction of sp³-hybridized carbons (Fsp3) is 0.458. The van der Waals surface area contributed by atoms with Gasteiger partial charge in [-0.05, 0) is 68.2 Å². The molecule has 0 atom stereocenters. The van der Waals surface area contributed by atoms with Crippen molar-refractivity contribution in [2.45, 2.75) is 65.5 Å². The van der Waals surface area contributed by atoms with Crippen molar-refractivity contribution in [3.05, 3.63) is 47.2 Å². The molecule has 0 aliphatic heterocycles. The van der Waals surface area contributed by atoms with Crippen molar-refractivity contribution in [1.82, 2.24) is 25.5 Å². The first-order chi connectivity index (χ1) is 15.9. The lowest BCUT2D eigenvalue weighted by atomic mass is 9.95. The van der Waals surface area contributed by atoms with E-state index in [1.165, 1.54) is 16.1 Å². The minimum absolute atomic E-state index is 0.0570. The topological polar surface area (TPSA) is 106 Å². The van der Waals surface area contributed by atoms with Crippen molar-refractivity contribution < 1.29 is 14.0 Å². The van der Waals surface area contributed by atoms with Crippen molar-refractivity contribution in [3.8, 4) is 11.6 Å². The van der Waals surface area contributed by atoms with Gasteiger partial charge in [-0.1, -0.05) is 31.4 Å². The highest BCUT2D eigenvalue weighted by molar-refractivity contribution is 5.99. The van der Waals surface area contributed by atoms with Crippen LogP contribution in [0, 0.1) is 20.8 Å². The summed E-state index contributed by atoms with van der Waals surface area (Å²) in [6, 6.07) is 9.62. The normalized spacial score (nSPS) is 14.3. The fourth-order valence-electron chi connectivity index (χ4n) is 4.15. The molecule has 0 radical (unpaired) electrons. The highest BCUT2D eigenvalue weighted by Crippen LogP contribution is 2.23. The number of hydrogen-bond donors (Lipinski definition) is 1. The van der Waals surface area contributed by atoms with E-state index in [0.717, 1.165) is 42.6 Å². The van der Waals surface area contributed by atoms with E-state index < -0.39 is 0 Å². The standard InChI is InChI=1S/C24H30N6O3/c1-16-9-10-17(2)20(13-16)29(14-22(31)25-19-7-5-4-6-8-19)23(32)15-30-27-24(26-28-30)21-12-11-18(3)33-21/h9-13,19H,4-8,14-15H2,1-3H3,(H,25,31). The minimum atomic E-state index is -0.290. The third kappa shape index (κ3) is 5.66. The fourth-order valence-corrected chi connectivity index (χ4v) is 4.15. The number of anilines is 1. The molecule has 2 aromatic heterocycles. The molecule has 0 spiro atoms. The number of aromatic nitrogens is 4. The molecular formula is C24H30N6O3. The van der Waals surface area contributed by atoms with Gasteiger partial charge in [0.1, 0.15) is 18.8 Å². The molecule has 2 amide bonds. The summed E-state index contributed by atoms with van der Waals surface area (Å²) in [4.78, 5) is 29.0. The molecule has 4 rings (SSSR count). The van der Waals surface area contributed by atoms with Gasteiger partial charge < -0.3 is 14.6 Å². The van der Waals surface area contributed by atoms with E-state index in [-0.39, 0.29) is 30.9 Å². The number of hydrogen-bond acceptors (Lipinski definition) is 6. The van der Waals surface area contributed by atoms with Crippen molar-refractivity contribution >= 4 is 17.5 Å². The molecule has 1 aliphatic rings. The molecule has 0 unspecified atom stereocenters. The van der Waals surface area contributed by atoms with Gasteiger partial charge in [-0.2, -0.15) is 4.80 Å². The zero-order chi connectivity index (χ0) is 23.4. The number of benzene rings is 1. The number of furan rings is 1. The quantitative estimate of drug-likeness (QED) is 0.592. The number of nitrogens with zero attached hydrogens (tertiary/aromatic N) is 5. The van der Waals surface area contributed by atoms with Crippen molar-refractivity contribution in [1.29, 1.82) is 0 Å². The maximum absolute atomic E-state index is 13.3. The lowest BCUT2D eigenvalue weighted by Crippen LogP contribution is -2.46. The first-order valence-electron chi connectivity index (χ1n) is 11.4. The summed E-state index contributed by atoms with van der Waals surface area (Å²) in [7, 11) is 0. The molecule has 33 heavy (non-hydrogen) atoms. The van der Waals surface area contributed by atoms with Crippen LogP contribution >= 0.6 is 0 Å². The third-order valence-electron chi connectivity index (χ3n) is 5.92. The van der Waals surface area contributed by atoms with Crippen LogP contribution < -0.4 is 10.2 Å². The SMILES string of the molecule is Cc1ccc(C)c(N(CC(=O)NC2CCCCC2)C(=O)Cn2nnc(-c3ccc(C)o3)n2)c1. The Morgan fingerprint density at radius 3 is 2.64 bits per heavy atom. The average molecular weight is 451 g/mol. The Morgan fingerprint density at radius 2 is 1.91 bits per heavy atom. The van der Waals surface area contributed by atoms with E-state index in [0.29, 0.717) is 17.3 Å². The number of amides is 2. The van der Waals surface area contributed by atoms with Gasteiger partial charge in [0.25, 0.3) is 5.91 Å². The molecule has 9 heteroatoms.